The highest BCUT2D eigenvalue weighted by atomic mass is 35.5. The number of halogens is 1. The molecule has 0 atom stereocenters. The van der Waals surface area contributed by atoms with Gasteiger partial charge in [0.1, 0.15) is 5.69 Å². The Balaban J connectivity index is 1.25. The molecule has 3 aromatic rings. The van der Waals surface area contributed by atoms with E-state index in [-0.39, 0.29) is 11.8 Å². The van der Waals surface area contributed by atoms with Gasteiger partial charge < -0.3 is 15.2 Å². The Labute approximate surface area is 174 Å². The fraction of sp³-hybridized carbons (Fsp3) is 0.273. The van der Waals surface area contributed by atoms with E-state index in [2.05, 4.69) is 15.2 Å². The van der Waals surface area contributed by atoms with Gasteiger partial charge in [-0.1, -0.05) is 41.9 Å². The number of nitrogens with one attached hydrogen (secondary N) is 2. The highest BCUT2D eigenvalue weighted by Gasteiger charge is 2.24. The van der Waals surface area contributed by atoms with Crippen LogP contribution in [0.15, 0.2) is 54.6 Å². The number of piperazine rings is 1. The zero-order chi connectivity index (χ0) is 20.2. The molecule has 0 saturated carbocycles. The van der Waals surface area contributed by atoms with Gasteiger partial charge in [0, 0.05) is 48.6 Å². The van der Waals surface area contributed by atoms with Crippen LogP contribution in [0.3, 0.4) is 0 Å². The predicted octanol–water partition coefficient (Wildman–Crippen LogP) is 2.90. The summed E-state index contributed by atoms with van der Waals surface area (Å²) in [6, 6.07) is 17.2. The zero-order valence-electron chi connectivity index (χ0n) is 16.0. The first-order chi connectivity index (χ1) is 14.1. The second-order valence-corrected chi connectivity index (χ2v) is 7.68. The molecule has 29 heavy (non-hydrogen) atoms. The van der Waals surface area contributed by atoms with Crippen molar-refractivity contribution in [1.82, 2.24) is 20.1 Å². The molecule has 2 aromatic carbocycles. The third kappa shape index (κ3) is 4.78. The highest BCUT2D eigenvalue weighted by Crippen LogP contribution is 2.17. The number of benzene rings is 2. The normalized spacial score (nSPS) is 14.9. The van der Waals surface area contributed by atoms with E-state index in [1.165, 1.54) is 0 Å². The van der Waals surface area contributed by atoms with Crippen LogP contribution in [0.5, 0.6) is 0 Å². The number of H-pyrrole nitrogens is 1. The first kappa shape index (κ1) is 19.5. The summed E-state index contributed by atoms with van der Waals surface area (Å²) in [5, 5.41) is 4.62. The van der Waals surface area contributed by atoms with E-state index in [0.717, 1.165) is 16.5 Å². The largest absolute Gasteiger partial charge is 0.351 e. The summed E-state index contributed by atoms with van der Waals surface area (Å²) in [5.74, 6) is -0.0216. The standard InChI is InChI=1S/C22H23ClN4O2/c23-18-6-3-4-16(12-18)14-24-21(28)15-26-8-10-27(11-9-26)22(29)20-13-17-5-1-2-7-19(17)25-20/h1-7,12-13,25H,8-11,14-15H2,(H,24,28). The predicted molar refractivity (Wildman–Crippen MR) is 114 cm³/mol. The number of carbonyl (C=O) groups excluding carboxylic acids is 2. The van der Waals surface area contributed by atoms with E-state index in [4.69, 9.17) is 11.6 Å². The van der Waals surface area contributed by atoms with Crippen molar-refractivity contribution in [2.24, 2.45) is 0 Å². The minimum atomic E-state index is -0.0274. The fourth-order valence-electron chi connectivity index (χ4n) is 3.57. The van der Waals surface area contributed by atoms with Crippen LogP contribution in [0, 0.1) is 0 Å². The van der Waals surface area contributed by atoms with Gasteiger partial charge in [0.15, 0.2) is 0 Å². The second kappa shape index (κ2) is 8.68. The Morgan fingerprint density at radius 3 is 2.55 bits per heavy atom. The van der Waals surface area contributed by atoms with Crippen LogP contribution < -0.4 is 5.32 Å². The Bertz CT molecular complexity index is 991. The minimum Gasteiger partial charge on any atom is -0.351 e. The van der Waals surface area contributed by atoms with Gasteiger partial charge in [0.25, 0.3) is 5.91 Å². The lowest BCUT2D eigenvalue weighted by Crippen LogP contribution is -2.51. The molecule has 0 unspecified atom stereocenters. The maximum atomic E-state index is 12.8. The number of aromatic amines is 1. The van der Waals surface area contributed by atoms with E-state index < -0.39 is 0 Å². The number of rotatable bonds is 5. The highest BCUT2D eigenvalue weighted by molar-refractivity contribution is 6.30. The van der Waals surface area contributed by atoms with E-state index in [1.807, 2.05) is 59.5 Å². The molecule has 0 bridgehead atoms. The summed E-state index contributed by atoms with van der Waals surface area (Å²) < 4.78 is 0. The smallest absolute Gasteiger partial charge is 0.270 e. The zero-order valence-corrected chi connectivity index (χ0v) is 16.8. The summed E-state index contributed by atoms with van der Waals surface area (Å²) in [6.07, 6.45) is 0. The van der Waals surface area contributed by atoms with Crippen LogP contribution >= 0.6 is 11.6 Å². The van der Waals surface area contributed by atoms with Crippen LogP contribution in [0.25, 0.3) is 10.9 Å². The molecular formula is C22H23ClN4O2. The average molecular weight is 411 g/mol. The van der Waals surface area contributed by atoms with Gasteiger partial charge in [-0.05, 0) is 29.8 Å². The second-order valence-electron chi connectivity index (χ2n) is 7.25. The monoisotopic (exact) mass is 410 g/mol. The van der Waals surface area contributed by atoms with Crippen LogP contribution in [-0.4, -0.2) is 59.3 Å². The number of nitrogens with zero attached hydrogens (tertiary/aromatic N) is 2. The lowest BCUT2D eigenvalue weighted by Gasteiger charge is -2.34. The number of hydrogen-bond acceptors (Lipinski definition) is 3. The van der Waals surface area contributed by atoms with Gasteiger partial charge in [-0.15, -0.1) is 0 Å². The Kier molecular flexibility index (Phi) is 5.83. The number of fused-ring (bicyclic) bond motifs is 1. The first-order valence-corrected chi connectivity index (χ1v) is 10.1. The van der Waals surface area contributed by atoms with Crippen molar-refractivity contribution in [2.75, 3.05) is 32.7 Å². The number of carbonyl (C=O) groups is 2. The summed E-state index contributed by atoms with van der Waals surface area (Å²) in [6.45, 7) is 3.35. The van der Waals surface area contributed by atoms with Gasteiger partial charge in [-0.25, -0.2) is 0 Å². The van der Waals surface area contributed by atoms with Crippen molar-refractivity contribution in [3.8, 4) is 0 Å². The SMILES string of the molecule is O=C(CN1CCN(C(=O)c2cc3ccccc3[nH]2)CC1)NCc1cccc(Cl)c1. The van der Waals surface area contributed by atoms with E-state index >= 15 is 0 Å². The third-order valence-corrected chi connectivity index (χ3v) is 5.40. The Morgan fingerprint density at radius 2 is 1.79 bits per heavy atom. The molecule has 0 aliphatic carbocycles. The molecule has 7 heteroatoms. The fourth-order valence-corrected chi connectivity index (χ4v) is 3.79. The number of aromatic nitrogens is 1. The van der Waals surface area contributed by atoms with Crippen LogP contribution in [0.1, 0.15) is 16.1 Å². The molecule has 1 aliphatic heterocycles. The van der Waals surface area contributed by atoms with Crippen molar-refractivity contribution in [2.45, 2.75) is 6.54 Å². The molecule has 1 fully saturated rings. The molecule has 1 aromatic heterocycles. The maximum absolute atomic E-state index is 12.8. The molecule has 1 saturated heterocycles. The van der Waals surface area contributed by atoms with Gasteiger partial charge in [-0.2, -0.15) is 0 Å². The van der Waals surface area contributed by atoms with Crippen LogP contribution in [0.4, 0.5) is 0 Å². The molecular weight excluding hydrogens is 388 g/mol. The molecule has 150 valence electrons. The van der Waals surface area contributed by atoms with Crippen molar-refractivity contribution in [1.29, 1.82) is 0 Å². The van der Waals surface area contributed by atoms with Crippen LogP contribution in [-0.2, 0) is 11.3 Å². The molecule has 4 rings (SSSR count). The number of para-hydroxylation sites is 1. The molecule has 2 N–H and O–H groups in total. The lowest BCUT2D eigenvalue weighted by molar-refractivity contribution is -0.122. The molecule has 6 nitrogen and oxygen atoms in total. The van der Waals surface area contributed by atoms with Gasteiger partial charge in [-0.3, -0.25) is 14.5 Å². The van der Waals surface area contributed by atoms with E-state index in [9.17, 15) is 9.59 Å². The topological polar surface area (TPSA) is 68.4 Å². The number of hydrogen-bond donors (Lipinski definition) is 2. The van der Waals surface area contributed by atoms with Crippen molar-refractivity contribution in [3.05, 3.63) is 70.9 Å². The third-order valence-electron chi connectivity index (χ3n) is 5.17. The summed E-state index contributed by atoms with van der Waals surface area (Å²) in [4.78, 5) is 32.1. The quantitative estimate of drug-likeness (QED) is 0.679. The molecule has 2 heterocycles. The first-order valence-electron chi connectivity index (χ1n) is 9.69. The summed E-state index contributed by atoms with van der Waals surface area (Å²) in [7, 11) is 0. The van der Waals surface area contributed by atoms with Gasteiger partial charge in [0.05, 0.1) is 6.54 Å². The lowest BCUT2D eigenvalue weighted by atomic mass is 10.2. The van der Waals surface area contributed by atoms with Crippen molar-refractivity contribution in [3.63, 3.8) is 0 Å². The molecule has 1 aliphatic rings. The minimum absolute atomic E-state index is 0.00579. The molecule has 2 amide bonds. The van der Waals surface area contributed by atoms with Crippen molar-refractivity contribution < 1.29 is 9.59 Å². The van der Waals surface area contributed by atoms with Crippen molar-refractivity contribution >= 4 is 34.3 Å². The average Bonchev–Trinajstić information content (AvgIpc) is 3.17. The number of amides is 2. The molecule has 0 radical (unpaired) electrons. The summed E-state index contributed by atoms with van der Waals surface area (Å²) >= 11 is 5.97. The van der Waals surface area contributed by atoms with E-state index in [1.54, 1.807) is 0 Å². The van der Waals surface area contributed by atoms with Gasteiger partial charge >= 0.3 is 0 Å². The summed E-state index contributed by atoms with van der Waals surface area (Å²) in [5.41, 5.74) is 2.55. The van der Waals surface area contributed by atoms with E-state index in [0.29, 0.717) is 50.0 Å². The Hall–Kier alpha value is -2.83. The Morgan fingerprint density at radius 1 is 1.00 bits per heavy atom. The van der Waals surface area contributed by atoms with Gasteiger partial charge in [0.2, 0.25) is 5.91 Å². The molecule has 0 spiro atoms. The van der Waals surface area contributed by atoms with Crippen LogP contribution in [0.2, 0.25) is 5.02 Å². The maximum Gasteiger partial charge on any atom is 0.270 e.